The molecule has 1 saturated heterocycles. The minimum Gasteiger partial charge on any atom is -0.490 e. The number of imide groups is 2. The summed E-state index contributed by atoms with van der Waals surface area (Å²) in [6, 6.07) is 11.8. The predicted molar refractivity (Wildman–Crippen MR) is 158 cm³/mol. The van der Waals surface area contributed by atoms with Crippen LogP contribution >= 0.6 is 34.8 Å². The largest absolute Gasteiger partial charge is 0.490 e. The summed E-state index contributed by atoms with van der Waals surface area (Å²) < 4.78 is 11.4. The number of halogens is 3. The van der Waals surface area contributed by atoms with E-state index in [2.05, 4.69) is 10.6 Å². The van der Waals surface area contributed by atoms with Crippen molar-refractivity contribution in [2.75, 3.05) is 23.4 Å². The van der Waals surface area contributed by atoms with Crippen molar-refractivity contribution < 1.29 is 28.7 Å². The number of rotatable bonds is 8. The molecule has 0 atom stereocenters. The molecule has 212 valence electrons. The van der Waals surface area contributed by atoms with Gasteiger partial charge in [-0.2, -0.15) is 0 Å². The van der Waals surface area contributed by atoms with Gasteiger partial charge in [-0.1, -0.05) is 52.5 Å². The number of amides is 5. The van der Waals surface area contributed by atoms with E-state index in [4.69, 9.17) is 44.3 Å². The van der Waals surface area contributed by atoms with E-state index in [1.54, 1.807) is 6.92 Å². The fourth-order valence-electron chi connectivity index (χ4n) is 4.03. The van der Waals surface area contributed by atoms with Crippen LogP contribution in [0.3, 0.4) is 0 Å². The maximum Gasteiger partial charge on any atom is 0.335 e. The van der Waals surface area contributed by atoms with Crippen molar-refractivity contribution in [3.63, 3.8) is 0 Å². The molecule has 0 saturated carbocycles. The van der Waals surface area contributed by atoms with Gasteiger partial charge in [-0.25, -0.2) is 9.69 Å². The van der Waals surface area contributed by atoms with Crippen LogP contribution in [0.1, 0.15) is 23.6 Å². The van der Waals surface area contributed by atoms with Crippen LogP contribution in [0.4, 0.5) is 16.2 Å². The molecule has 3 aromatic carbocycles. The lowest BCUT2D eigenvalue weighted by molar-refractivity contribution is -0.122. The van der Waals surface area contributed by atoms with Crippen LogP contribution < -0.4 is 25.0 Å². The molecule has 0 spiro atoms. The Morgan fingerprint density at radius 1 is 0.951 bits per heavy atom. The number of nitrogens with one attached hydrogen (secondary N) is 2. The average molecular weight is 617 g/mol. The normalized spacial score (nSPS) is 14.2. The average Bonchev–Trinajstić information content (AvgIpc) is 2.90. The molecule has 2 N–H and O–H groups in total. The molecule has 0 aliphatic carbocycles. The van der Waals surface area contributed by atoms with E-state index in [0.29, 0.717) is 11.3 Å². The van der Waals surface area contributed by atoms with E-state index in [1.165, 1.54) is 36.4 Å². The quantitative estimate of drug-likeness (QED) is 0.225. The minimum absolute atomic E-state index is 0.0724. The number of hydrogen-bond donors (Lipinski definition) is 2. The third kappa shape index (κ3) is 6.82. The van der Waals surface area contributed by atoms with Gasteiger partial charge in [0.25, 0.3) is 17.7 Å². The summed E-state index contributed by atoms with van der Waals surface area (Å²) in [6.07, 6.45) is 1.26. The van der Waals surface area contributed by atoms with E-state index in [0.717, 1.165) is 16.0 Å². The van der Waals surface area contributed by atoms with Crippen LogP contribution in [0.25, 0.3) is 6.08 Å². The lowest BCUT2D eigenvalue weighted by Crippen LogP contribution is -2.54. The van der Waals surface area contributed by atoms with Gasteiger partial charge >= 0.3 is 6.03 Å². The van der Waals surface area contributed by atoms with Crippen molar-refractivity contribution in [2.45, 2.75) is 20.8 Å². The fourth-order valence-corrected chi connectivity index (χ4v) is 4.60. The molecule has 0 radical (unpaired) electrons. The standard InChI is InChI=1S/C29H24Cl3N3O6/c1-4-40-24-12-17(11-22(32)26(24)41-14-25(36)33-23-8-5-15(2)9-16(23)3)10-19-27(37)34-29(39)35(28(19)38)18-6-7-20(30)21(31)13-18/h5-13H,4,14H2,1-3H3,(H,33,36)(H,34,37,39)/b19-10-. The Morgan fingerprint density at radius 2 is 1.71 bits per heavy atom. The lowest BCUT2D eigenvalue weighted by atomic mass is 10.1. The summed E-state index contributed by atoms with van der Waals surface area (Å²) >= 11 is 18.5. The van der Waals surface area contributed by atoms with Crippen molar-refractivity contribution in [3.8, 4) is 11.5 Å². The molecule has 0 bridgehead atoms. The molecule has 0 aromatic heterocycles. The van der Waals surface area contributed by atoms with Crippen LogP contribution in [0, 0.1) is 13.8 Å². The first-order chi connectivity index (χ1) is 19.5. The molecule has 1 aliphatic rings. The van der Waals surface area contributed by atoms with Gasteiger partial charge in [-0.15, -0.1) is 0 Å². The second-order valence-corrected chi connectivity index (χ2v) is 10.2. The summed E-state index contributed by atoms with van der Waals surface area (Å²) in [6.45, 7) is 5.47. The molecule has 9 nitrogen and oxygen atoms in total. The summed E-state index contributed by atoms with van der Waals surface area (Å²) in [4.78, 5) is 51.7. The third-order valence-corrected chi connectivity index (χ3v) is 6.93. The Hall–Kier alpha value is -4.05. The Labute approximate surface area is 251 Å². The summed E-state index contributed by atoms with van der Waals surface area (Å²) in [7, 11) is 0. The summed E-state index contributed by atoms with van der Waals surface area (Å²) in [5.41, 5.74) is 2.73. The molecule has 41 heavy (non-hydrogen) atoms. The van der Waals surface area contributed by atoms with Gasteiger partial charge in [0.15, 0.2) is 18.1 Å². The maximum absolute atomic E-state index is 13.2. The molecule has 1 fully saturated rings. The van der Waals surface area contributed by atoms with E-state index in [-0.39, 0.29) is 51.0 Å². The molecule has 0 unspecified atom stereocenters. The monoisotopic (exact) mass is 615 g/mol. The Kier molecular flexibility index (Phi) is 9.22. The van der Waals surface area contributed by atoms with Crippen molar-refractivity contribution in [3.05, 3.63) is 85.9 Å². The highest BCUT2D eigenvalue weighted by molar-refractivity contribution is 6.43. The zero-order chi connectivity index (χ0) is 29.8. The van der Waals surface area contributed by atoms with E-state index in [1.807, 2.05) is 32.0 Å². The highest BCUT2D eigenvalue weighted by Gasteiger charge is 2.37. The number of barbiturate groups is 1. The van der Waals surface area contributed by atoms with Gasteiger partial charge in [-0.05, 0) is 74.4 Å². The molecule has 5 amide bonds. The minimum atomic E-state index is -0.938. The second kappa shape index (κ2) is 12.6. The topological polar surface area (TPSA) is 114 Å². The molecule has 4 rings (SSSR count). The number of anilines is 2. The van der Waals surface area contributed by atoms with E-state index in [9.17, 15) is 19.2 Å². The van der Waals surface area contributed by atoms with Gasteiger partial charge in [0, 0.05) is 5.69 Å². The number of urea groups is 1. The van der Waals surface area contributed by atoms with Crippen LogP contribution in [0.5, 0.6) is 11.5 Å². The molecule has 12 heteroatoms. The number of hydrogen-bond acceptors (Lipinski definition) is 6. The predicted octanol–water partition coefficient (Wildman–Crippen LogP) is 6.35. The van der Waals surface area contributed by atoms with E-state index < -0.39 is 23.8 Å². The number of nitrogens with zero attached hydrogens (tertiary/aromatic N) is 1. The smallest absolute Gasteiger partial charge is 0.335 e. The molecule has 1 heterocycles. The van der Waals surface area contributed by atoms with Crippen molar-refractivity contribution in [1.29, 1.82) is 0 Å². The fraction of sp³-hybridized carbons (Fsp3) is 0.172. The number of carbonyl (C=O) groups is 4. The Bertz CT molecular complexity index is 1600. The first kappa shape index (κ1) is 29.9. The zero-order valence-electron chi connectivity index (χ0n) is 22.1. The maximum atomic E-state index is 13.2. The highest BCUT2D eigenvalue weighted by Crippen LogP contribution is 2.38. The first-order valence-corrected chi connectivity index (χ1v) is 13.4. The second-order valence-electron chi connectivity index (χ2n) is 8.97. The molecular formula is C29H24Cl3N3O6. The van der Waals surface area contributed by atoms with Gasteiger partial charge in [0.05, 0.1) is 27.4 Å². The van der Waals surface area contributed by atoms with Crippen molar-refractivity contribution in [1.82, 2.24) is 5.32 Å². The Morgan fingerprint density at radius 3 is 2.39 bits per heavy atom. The van der Waals surface area contributed by atoms with E-state index >= 15 is 0 Å². The van der Waals surface area contributed by atoms with Gasteiger partial charge in [0.1, 0.15) is 5.57 Å². The molecular weight excluding hydrogens is 593 g/mol. The van der Waals surface area contributed by atoms with Crippen LogP contribution in [-0.4, -0.2) is 37.0 Å². The molecule has 1 aliphatic heterocycles. The van der Waals surface area contributed by atoms with Crippen LogP contribution in [-0.2, 0) is 14.4 Å². The third-order valence-electron chi connectivity index (χ3n) is 5.91. The Balaban J connectivity index is 1.58. The summed E-state index contributed by atoms with van der Waals surface area (Å²) in [5.74, 6) is -1.88. The number of carbonyl (C=O) groups excluding carboxylic acids is 4. The first-order valence-electron chi connectivity index (χ1n) is 12.3. The zero-order valence-corrected chi connectivity index (χ0v) is 24.4. The highest BCUT2D eigenvalue weighted by atomic mass is 35.5. The van der Waals surface area contributed by atoms with Crippen molar-refractivity contribution in [2.24, 2.45) is 0 Å². The lowest BCUT2D eigenvalue weighted by Gasteiger charge is -2.26. The number of ether oxygens (including phenoxy) is 2. The molecule has 3 aromatic rings. The van der Waals surface area contributed by atoms with Crippen LogP contribution in [0.2, 0.25) is 15.1 Å². The summed E-state index contributed by atoms with van der Waals surface area (Å²) in [5, 5.41) is 5.36. The van der Waals surface area contributed by atoms with Crippen molar-refractivity contribution >= 4 is 76.0 Å². The number of benzene rings is 3. The van der Waals surface area contributed by atoms with Crippen LogP contribution in [0.15, 0.2) is 54.1 Å². The van der Waals surface area contributed by atoms with Gasteiger partial charge in [-0.3, -0.25) is 19.7 Å². The number of aryl methyl sites for hydroxylation is 2. The van der Waals surface area contributed by atoms with Gasteiger partial charge in [0.2, 0.25) is 0 Å². The van der Waals surface area contributed by atoms with Gasteiger partial charge < -0.3 is 14.8 Å². The SMILES string of the molecule is CCOc1cc(/C=C2/C(=O)NC(=O)N(c3ccc(Cl)c(Cl)c3)C2=O)cc(Cl)c1OCC(=O)Nc1ccc(C)cc1C.